The highest BCUT2D eigenvalue weighted by molar-refractivity contribution is 9.10. The summed E-state index contributed by atoms with van der Waals surface area (Å²) in [5.41, 5.74) is 6.63. The molecule has 1 aromatic heterocycles. The zero-order chi connectivity index (χ0) is 9.84. The second-order valence-electron chi connectivity index (χ2n) is 3.00. The summed E-state index contributed by atoms with van der Waals surface area (Å²) in [6.45, 7) is 3.52. The largest absolute Gasteiger partial charge is 0.358 e. The Hall–Kier alpha value is -0.610. The lowest BCUT2D eigenvalue weighted by Gasteiger charge is -2.18. The third-order valence-corrected chi connectivity index (χ3v) is 2.28. The molecule has 72 valence electrons. The van der Waals surface area contributed by atoms with Crippen LogP contribution in [-0.4, -0.2) is 25.1 Å². The maximum Gasteiger partial charge on any atom is 0.131 e. The average Bonchev–Trinajstić information content (AvgIpc) is 2.04. The van der Waals surface area contributed by atoms with E-state index < -0.39 is 0 Å². The van der Waals surface area contributed by atoms with E-state index in [0.29, 0.717) is 6.54 Å². The molecule has 0 aliphatic rings. The van der Waals surface area contributed by atoms with E-state index in [4.69, 9.17) is 5.73 Å². The highest BCUT2D eigenvalue weighted by Crippen LogP contribution is 2.18. The minimum absolute atomic E-state index is 0.647. The average molecular weight is 244 g/mol. The molecular weight excluding hydrogens is 230 g/mol. The Labute approximate surface area is 87.1 Å². The molecule has 0 atom stereocenters. The number of hydrogen-bond donors (Lipinski definition) is 1. The molecule has 3 nitrogen and oxygen atoms in total. The van der Waals surface area contributed by atoms with Gasteiger partial charge in [-0.2, -0.15) is 0 Å². The fourth-order valence-electron chi connectivity index (χ4n) is 1.23. The van der Waals surface area contributed by atoms with Crippen molar-refractivity contribution in [3.8, 4) is 0 Å². The summed E-state index contributed by atoms with van der Waals surface area (Å²) in [4.78, 5) is 6.38. The summed E-state index contributed by atoms with van der Waals surface area (Å²) in [6, 6.07) is 2.05. The van der Waals surface area contributed by atoms with Gasteiger partial charge >= 0.3 is 0 Å². The van der Waals surface area contributed by atoms with Gasteiger partial charge < -0.3 is 10.6 Å². The number of likely N-dealkylation sites (N-methyl/N-ethyl adjacent to an activating group) is 1. The molecule has 0 fully saturated rings. The molecule has 2 N–H and O–H groups in total. The first-order valence-electron chi connectivity index (χ1n) is 4.18. The number of pyridine rings is 1. The van der Waals surface area contributed by atoms with Gasteiger partial charge in [0.25, 0.3) is 0 Å². The van der Waals surface area contributed by atoms with Crippen molar-refractivity contribution in [1.82, 2.24) is 4.98 Å². The van der Waals surface area contributed by atoms with E-state index in [0.717, 1.165) is 22.4 Å². The predicted molar refractivity (Wildman–Crippen MR) is 59.0 cm³/mol. The molecule has 0 aliphatic carbocycles. The van der Waals surface area contributed by atoms with Gasteiger partial charge in [0.05, 0.1) is 0 Å². The van der Waals surface area contributed by atoms with Gasteiger partial charge in [0, 0.05) is 30.8 Å². The number of nitrogens with zero attached hydrogens (tertiary/aromatic N) is 2. The molecule has 1 aromatic rings. The lowest BCUT2D eigenvalue weighted by atomic mass is 10.3. The standard InChI is InChI=1S/C9H14BrN3/c1-7-5-8(10)6-12-9(7)13(2)4-3-11/h5-6H,3-4,11H2,1-2H3. The zero-order valence-electron chi connectivity index (χ0n) is 7.92. The van der Waals surface area contributed by atoms with Crippen LogP contribution in [0.4, 0.5) is 5.82 Å². The minimum Gasteiger partial charge on any atom is -0.358 e. The van der Waals surface area contributed by atoms with E-state index in [9.17, 15) is 0 Å². The van der Waals surface area contributed by atoms with Gasteiger partial charge in [-0.3, -0.25) is 0 Å². The van der Waals surface area contributed by atoms with Crippen molar-refractivity contribution in [1.29, 1.82) is 0 Å². The van der Waals surface area contributed by atoms with Crippen molar-refractivity contribution < 1.29 is 0 Å². The second-order valence-corrected chi connectivity index (χ2v) is 3.92. The smallest absolute Gasteiger partial charge is 0.131 e. The van der Waals surface area contributed by atoms with Crippen LogP contribution < -0.4 is 10.6 Å². The quantitative estimate of drug-likeness (QED) is 0.877. The fraction of sp³-hybridized carbons (Fsp3) is 0.444. The molecule has 0 amide bonds. The van der Waals surface area contributed by atoms with Crippen molar-refractivity contribution in [2.75, 3.05) is 25.0 Å². The van der Waals surface area contributed by atoms with Crippen LogP contribution in [0.15, 0.2) is 16.7 Å². The second kappa shape index (κ2) is 4.58. The van der Waals surface area contributed by atoms with Gasteiger partial charge in [0.15, 0.2) is 0 Å². The Morgan fingerprint density at radius 2 is 2.31 bits per heavy atom. The molecule has 0 aromatic carbocycles. The monoisotopic (exact) mass is 243 g/mol. The lowest BCUT2D eigenvalue weighted by Crippen LogP contribution is -2.26. The van der Waals surface area contributed by atoms with Crippen molar-refractivity contribution in [2.45, 2.75) is 6.92 Å². The number of hydrogen-bond acceptors (Lipinski definition) is 3. The Bertz CT molecular complexity index is 288. The molecule has 0 unspecified atom stereocenters. The van der Waals surface area contributed by atoms with Crippen molar-refractivity contribution in [2.24, 2.45) is 5.73 Å². The highest BCUT2D eigenvalue weighted by atomic mass is 79.9. The first kappa shape index (κ1) is 10.5. The van der Waals surface area contributed by atoms with E-state index in [1.165, 1.54) is 0 Å². The van der Waals surface area contributed by atoms with Gasteiger partial charge in [-0.05, 0) is 34.5 Å². The number of rotatable bonds is 3. The van der Waals surface area contributed by atoms with Gasteiger partial charge in [-0.15, -0.1) is 0 Å². The van der Waals surface area contributed by atoms with Crippen LogP contribution in [0, 0.1) is 6.92 Å². The van der Waals surface area contributed by atoms with E-state index in [-0.39, 0.29) is 0 Å². The number of nitrogens with two attached hydrogens (primary N) is 1. The summed E-state index contributed by atoms with van der Waals surface area (Å²) < 4.78 is 1.01. The minimum atomic E-state index is 0.647. The molecule has 0 saturated carbocycles. The van der Waals surface area contributed by atoms with Gasteiger partial charge in [-0.1, -0.05) is 0 Å². The van der Waals surface area contributed by atoms with Gasteiger partial charge in [-0.25, -0.2) is 4.98 Å². The van der Waals surface area contributed by atoms with Crippen molar-refractivity contribution in [3.05, 3.63) is 22.3 Å². The van der Waals surface area contributed by atoms with Crippen LogP contribution in [0.2, 0.25) is 0 Å². The first-order valence-corrected chi connectivity index (χ1v) is 4.98. The Balaban J connectivity index is 2.88. The van der Waals surface area contributed by atoms with E-state index in [1.807, 2.05) is 14.0 Å². The fourth-order valence-corrected chi connectivity index (χ4v) is 1.68. The van der Waals surface area contributed by atoms with E-state index in [2.05, 4.69) is 31.9 Å². The maximum atomic E-state index is 5.47. The molecule has 1 rings (SSSR count). The Morgan fingerprint density at radius 1 is 1.62 bits per heavy atom. The molecule has 0 spiro atoms. The molecule has 0 aliphatic heterocycles. The van der Waals surface area contributed by atoms with E-state index in [1.54, 1.807) is 6.20 Å². The van der Waals surface area contributed by atoms with E-state index >= 15 is 0 Å². The molecule has 4 heteroatoms. The molecule has 1 heterocycles. The summed E-state index contributed by atoms with van der Waals surface area (Å²) in [6.07, 6.45) is 1.80. The Morgan fingerprint density at radius 3 is 2.85 bits per heavy atom. The van der Waals surface area contributed by atoms with Crippen molar-refractivity contribution >= 4 is 21.7 Å². The topological polar surface area (TPSA) is 42.2 Å². The summed E-state index contributed by atoms with van der Waals surface area (Å²) in [5, 5.41) is 0. The van der Waals surface area contributed by atoms with Crippen LogP contribution in [-0.2, 0) is 0 Å². The maximum absolute atomic E-state index is 5.47. The lowest BCUT2D eigenvalue weighted by molar-refractivity contribution is 0.863. The number of halogens is 1. The number of anilines is 1. The predicted octanol–water partition coefficient (Wildman–Crippen LogP) is 1.55. The summed E-state index contributed by atoms with van der Waals surface area (Å²) >= 11 is 3.38. The molecule has 0 bridgehead atoms. The van der Waals surface area contributed by atoms with Crippen LogP contribution in [0.25, 0.3) is 0 Å². The first-order chi connectivity index (χ1) is 6.15. The van der Waals surface area contributed by atoms with Gasteiger partial charge in [0.1, 0.15) is 5.82 Å². The highest BCUT2D eigenvalue weighted by Gasteiger charge is 2.04. The molecule has 0 radical (unpaired) electrons. The molecule has 0 saturated heterocycles. The van der Waals surface area contributed by atoms with Crippen molar-refractivity contribution in [3.63, 3.8) is 0 Å². The van der Waals surface area contributed by atoms with Crippen LogP contribution in [0.1, 0.15) is 5.56 Å². The molecular formula is C9H14BrN3. The number of aromatic nitrogens is 1. The van der Waals surface area contributed by atoms with Gasteiger partial charge in [0.2, 0.25) is 0 Å². The Kier molecular flexibility index (Phi) is 3.69. The SMILES string of the molecule is Cc1cc(Br)cnc1N(C)CCN. The third kappa shape index (κ3) is 2.67. The molecule has 13 heavy (non-hydrogen) atoms. The third-order valence-electron chi connectivity index (χ3n) is 1.84. The normalized spacial score (nSPS) is 10.2. The van der Waals surface area contributed by atoms with Crippen LogP contribution in [0.3, 0.4) is 0 Å². The van der Waals surface area contributed by atoms with Crippen LogP contribution >= 0.6 is 15.9 Å². The summed E-state index contributed by atoms with van der Waals surface area (Å²) in [5.74, 6) is 0.994. The summed E-state index contributed by atoms with van der Waals surface area (Å²) in [7, 11) is 2.00. The van der Waals surface area contributed by atoms with Crippen LogP contribution in [0.5, 0.6) is 0 Å². The zero-order valence-corrected chi connectivity index (χ0v) is 9.50. The number of aryl methyl sites for hydroxylation is 1.